The van der Waals surface area contributed by atoms with Gasteiger partial charge in [-0.1, -0.05) is 0 Å². The third-order valence-electron chi connectivity index (χ3n) is 1.21. The molecule has 0 heterocycles. The molecule has 0 amide bonds. The number of nitrogens with zero attached hydrogens (tertiary/aromatic N) is 1. The highest BCUT2D eigenvalue weighted by molar-refractivity contribution is 6.22. The number of carboxylic acid groups (broad SMARTS) is 1. The quantitative estimate of drug-likeness (QED) is 0.547. The molecule has 1 rings (SSSR count). The number of hydrazone groups is 1. The molecule has 0 fully saturated rings. The van der Waals surface area contributed by atoms with Crippen LogP contribution in [0.4, 0.5) is 10.1 Å². The van der Waals surface area contributed by atoms with Crippen molar-refractivity contribution < 1.29 is 14.3 Å². The molecule has 0 atom stereocenters. The van der Waals surface area contributed by atoms with Crippen LogP contribution < -0.4 is 5.43 Å². The molecule has 68 valence electrons. The Labute approximate surface area is 73.7 Å². The molecule has 0 saturated heterocycles. The molecule has 0 aliphatic carbocycles. The van der Waals surface area contributed by atoms with Crippen molar-refractivity contribution in [2.75, 3.05) is 5.43 Å². The summed E-state index contributed by atoms with van der Waals surface area (Å²) in [7, 11) is 0. The monoisotopic (exact) mass is 182 g/mol. The van der Waals surface area contributed by atoms with Crippen LogP contribution in [0, 0.1) is 5.82 Å². The molecule has 5 heteroatoms. The van der Waals surface area contributed by atoms with E-state index < -0.39 is 5.97 Å². The van der Waals surface area contributed by atoms with E-state index in [-0.39, 0.29) is 5.82 Å². The number of aliphatic carboxylic acids is 1. The van der Waals surface area contributed by atoms with Crippen molar-refractivity contribution in [3.05, 3.63) is 30.1 Å². The van der Waals surface area contributed by atoms with Gasteiger partial charge in [-0.25, -0.2) is 9.18 Å². The first-order valence-corrected chi connectivity index (χ1v) is 3.46. The largest absolute Gasteiger partial charge is 0.477 e. The standard InChI is InChI=1S/C8H7FN2O2/c9-6-1-3-7(4-2-6)11-10-5-8(12)13/h1-5,11H,(H,12,13)/b10-5-. The van der Waals surface area contributed by atoms with Crippen LogP contribution in [-0.4, -0.2) is 17.3 Å². The van der Waals surface area contributed by atoms with Crippen molar-refractivity contribution in [2.24, 2.45) is 5.10 Å². The molecule has 4 nitrogen and oxygen atoms in total. The summed E-state index contributed by atoms with van der Waals surface area (Å²) in [6.45, 7) is 0. The minimum absolute atomic E-state index is 0.354. The minimum atomic E-state index is -1.14. The Morgan fingerprint density at radius 2 is 2.08 bits per heavy atom. The summed E-state index contributed by atoms with van der Waals surface area (Å²) in [6.07, 6.45) is 0.712. The van der Waals surface area contributed by atoms with Gasteiger partial charge >= 0.3 is 5.97 Å². The van der Waals surface area contributed by atoms with Gasteiger partial charge in [0.15, 0.2) is 0 Å². The molecule has 13 heavy (non-hydrogen) atoms. The predicted octanol–water partition coefficient (Wildman–Crippen LogP) is 1.31. The van der Waals surface area contributed by atoms with E-state index in [1.165, 1.54) is 24.3 Å². The van der Waals surface area contributed by atoms with Gasteiger partial charge in [-0.2, -0.15) is 5.10 Å². The molecular weight excluding hydrogens is 175 g/mol. The van der Waals surface area contributed by atoms with Gasteiger partial charge in [-0.15, -0.1) is 0 Å². The van der Waals surface area contributed by atoms with E-state index in [9.17, 15) is 9.18 Å². The maximum atomic E-state index is 12.4. The van der Waals surface area contributed by atoms with Crippen LogP contribution in [0.1, 0.15) is 0 Å². The van der Waals surface area contributed by atoms with Crippen molar-refractivity contribution >= 4 is 17.9 Å². The van der Waals surface area contributed by atoms with E-state index in [2.05, 4.69) is 10.5 Å². The van der Waals surface area contributed by atoms with Gasteiger partial charge in [-0.05, 0) is 24.3 Å². The lowest BCUT2D eigenvalue weighted by Crippen LogP contribution is -1.98. The number of anilines is 1. The third-order valence-corrected chi connectivity index (χ3v) is 1.21. The lowest BCUT2D eigenvalue weighted by molar-refractivity contribution is -0.128. The zero-order valence-corrected chi connectivity index (χ0v) is 6.57. The molecule has 0 aliphatic rings. The lowest BCUT2D eigenvalue weighted by Gasteiger charge is -1.97. The highest BCUT2D eigenvalue weighted by Crippen LogP contribution is 2.07. The van der Waals surface area contributed by atoms with Crippen molar-refractivity contribution in [3.8, 4) is 0 Å². The van der Waals surface area contributed by atoms with Gasteiger partial charge in [0.1, 0.15) is 12.0 Å². The van der Waals surface area contributed by atoms with Crippen molar-refractivity contribution in [1.29, 1.82) is 0 Å². The molecule has 0 saturated carbocycles. The number of hydrogen-bond donors (Lipinski definition) is 2. The number of rotatable bonds is 3. The maximum Gasteiger partial charge on any atom is 0.348 e. The smallest absolute Gasteiger partial charge is 0.348 e. The van der Waals surface area contributed by atoms with Gasteiger partial charge in [0.2, 0.25) is 0 Å². The van der Waals surface area contributed by atoms with E-state index in [0.29, 0.717) is 11.9 Å². The molecule has 0 bridgehead atoms. The predicted molar refractivity (Wildman–Crippen MR) is 46.2 cm³/mol. The van der Waals surface area contributed by atoms with Gasteiger partial charge in [0.25, 0.3) is 0 Å². The van der Waals surface area contributed by atoms with E-state index in [1.807, 2.05) is 0 Å². The summed E-state index contributed by atoms with van der Waals surface area (Å²) < 4.78 is 12.4. The number of halogens is 1. The summed E-state index contributed by atoms with van der Waals surface area (Å²) in [5, 5.41) is 11.6. The molecule has 1 aromatic carbocycles. The SMILES string of the molecule is O=C(O)/C=N\Nc1ccc(F)cc1. The fourth-order valence-corrected chi connectivity index (χ4v) is 0.686. The lowest BCUT2D eigenvalue weighted by atomic mass is 10.3. The Morgan fingerprint density at radius 1 is 1.46 bits per heavy atom. The van der Waals surface area contributed by atoms with E-state index in [1.54, 1.807) is 0 Å². The first-order chi connectivity index (χ1) is 6.18. The Morgan fingerprint density at radius 3 is 2.62 bits per heavy atom. The van der Waals surface area contributed by atoms with Crippen LogP contribution in [0.5, 0.6) is 0 Å². The molecule has 1 aromatic rings. The summed E-state index contributed by atoms with van der Waals surface area (Å²) in [4.78, 5) is 9.99. The number of carbonyl (C=O) groups is 1. The van der Waals surface area contributed by atoms with Gasteiger partial charge < -0.3 is 5.11 Å². The zero-order valence-electron chi connectivity index (χ0n) is 6.57. The van der Waals surface area contributed by atoms with E-state index in [0.717, 1.165) is 0 Å². The topological polar surface area (TPSA) is 61.7 Å². The molecule has 0 aromatic heterocycles. The first-order valence-electron chi connectivity index (χ1n) is 3.46. The van der Waals surface area contributed by atoms with Crippen LogP contribution in [0.2, 0.25) is 0 Å². The van der Waals surface area contributed by atoms with Crippen LogP contribution >= 0.6 is 0 Å². The first kappa shape index (κ1) is 9.18. The van der Waals surface area contributed by atoms with Crippen LogP contribution in [0.25, 0.3) is 0 Å². The Bertz CT molecular complexity index is 321. The second kappa shape index (κ2) is 4.20. The molecule has 2 N–H and O–H groups in total. The van der Waals surface area contributed by atoms with Gasteiger partial charge in [0.05, 0.1) is 5.69 Å². The van der Waals surface area contributed by atoms with Crippen LogP contribution in [0.15, 0.2) is 29.4 Å². The second-order valence-corrected chi connectivity index (χ2v) is 2.22. The van der Waals surface area contributed by atoms with Gasteiger partial charge in [-0.3, -0.25) is 5.43 Å². The van der Waals surface area contributed by atoms with E-state index in [4.69, 9.17) is 5.11 Å². The summed E-state index contributed by atoms with van der Waals surface area (Å²) in [5.74, 6) is -1.50. The van der Waals surface area contributed by atoms with E-state index >= 15 is 0 Å². The van der Waals surface area contributed by atoms with Crippen molar-refractivity contribution in [1.82, 2.24) is 0 Å². The highest BCUT2D eigenvalue weighted by atomic mass is 19.1. The molecule has 0 unspecified atom stereocenters. The molecule has 0 radical (unpaired) electrons. The Kier molecular flexibility index (Phi) is 2.97. The van der Waals surface area contributed by atoms with Gasteiger partial charge in [0, 0.05) is 0 Å². The maximum absolute atomic E-state index is 12.4. The minimum Gasteiger partial charge on any atom is -0.477 e. The number of nitrogens with one attached hydrogen (secondary N) is 1. The van der Waals surface area contributed by atoms with Crippen molar-refractivity contribution in [2.45, 2.75) is 0 Å². The summed E-state index contributed by atoms with van der Waals surface area (Å²) in [6, 6.07) is 5.40. The van der Waals surface area contributed by atoms with Crippen LogP contribution in [0.3, 0.4) is 0 Å². The summed E-state index contributed by atoms with van der Waals surface area (Å²) >= 11 is 0. The molecule has 0 spiro atoms. The fourth-order valence-electron chi connectivity index (χ4n) is 0.686. The van der Waals surface area contributed by atoms with Crippen LogP contribution in [-0.2, 0) is 4.79 Å². The average molecular weight is 182 g/mol. The molecular formula is C8H7FN2O2. The fraction of sp³-hybridized carbons (Fsp3) is 0. The number of benzene rings is 1. The van der Waals surface area contributed by atoms with Crippen molar-refractivity contribution in [3.63, 3.8) is 0 Å². The second-order valence-electron chi connectivity index (χ2n) is 2.22. The third kappa shape index (κ3) is 3.33. The molecule has 0 aliphatic heterocycles. The summed E-state index contributed by atoms with van der Waals surface area (Å²) in [5.41, 5.74) is 2.95. The number of hydrogen-bond acceptors (Lipinski definition) is 3. The highest BCUT2D eigenvalue weighted by Gasteiger charge is 1.90. The normalized spacial score (nSPS) is 10.2. The number of carboxylic acids is 1. The average Bonchev–Trinajstić information content (AvgIpc) is 2.08. The zero-order chi connectivity index (χ0) is 9.68. The Hall–Kier alpha value is -1.91. The Balaban J connectivity index is 2.55.